The molecule has 3 rings (SSSR count). The number of hydrogen-bond acceptors (Lipinski definition) is 5. The topological polar surface area (TPSA) is 64.7 Å². The Morgan fingerprint density at radius 3 is 2.61 bits per heavy atom. The molecule has 2 heterocycles. The predicted octanol–water partition coefficient (Wildman–Crippen LogP) is 2.50. The summed E-state index contributed by atoms with van der Waals surface area (Å²) in [6.07, 6.45) is 3.00. The normalized spacial score (nSPS) is 10.5. The van der Waals surface area contributed by atoms with E-state index in [-0.39, 0.29) is 0 Å². The number of hydrogen-bond donors (Lipinski definition) is 0. The maximum absolute atomic E-state index is 5.14. The van der Waals surface area contributed by atoms with Crippen molar-refractivity contribution in [2.24, 2.45) is 0 Å². The molecule has 0 atom stereocenters. The van der Waals surface area contributed by atoms with E-state index in [4.69, 9.17) is 4.42 Å². The molecule has 18 heavy (non-hydrogen) atoms. The van der Waals surface area contributed by atoms with E-state index in [1.807, 2.05) is 37.3 Å². The second kappa shape index (κ2) is 4.37. The van der Waals surface area contributed by atoms with Crippen LogP contribution in [0.2, 0.25) is 0 Å². The second-order valence-corrected chi connectivity index (χ2v) is 3.80. The number of aromatic nitrogens is 4. The minimum Gasteiger partial charge on any atom is -0.423 e. The summed E-state index contributed by atoms with van der Waals surface area (Å²) in [6.45, 7) is 1.90. The Kier molecular flexibility index (Phi) is 2.57. The van der Waals surface area contributed by atoms with Gasteiger partial charge in [-0.15, -0.1) is 10.2 Å². The van der Waals surface area contributed by atoms with Crippen molar-refractivity contribution in [3.63, 3.8) is 0 Å². The van der Waals surface area contributed by atoms with Crippen LogP contribution in [-0.2, 0) is 0 Å². The summed E-state index contributed by atoms with van der Waals surface area (Å²) in [5, 5.41) is 7.50. The fourth-order valence-corrected chi connectivity index (χ4v) is 1.69. The molecule has 0 amide bonds. The fourth-order valence-electron chi connectivity index (χ4n) is 1.69. The maximum Gasteiger partial charge on any atom is 0.250 e. The molecule has 0 aliphatic carbocycles. The van der Waals surface area contributed by atoms with Crippen LogP contribution in [0, 0.1) is 6.92 Å². The minimum atomic E-state index is 0.437. The highest BCUT2D eigenvalue weighted by atomic mass is 16.4. The highest BCUT2D eigenvalue weighted by Crippen LogP contribution is 2.21. The summed E-state index contributed by atoms with van der Waals surface area (Å²) < 4.78 is 5.14. The van der Waals surface area contributed by atoms with Gasteiger partial charge in [0.05, 0.1) is 11.3 Å². The largest absolute Gasteiger partial charge is 0.423 e. The molecule has 0 radical (unpaired) electrons. The van der Waals surface area contributed by atoms with Crippen LogP contribution >= 0.6 is 0 Å². The van der Waals surface area contributed by atoms with E-state index in [1.165, 1.54) is 6.39 Å². The van der Waals surface area contributed by atoms with E-state index in [0.29, 0.717) is 11.7 Å². The van der Waals surface area contributed by atoms with Crippen LogP contribution in [-0.4, -0.2) is 20.2 Å². The van der Waals surface area contributed by atoms with Crippen LogP contribution < -0.4 is 0 Å². The average molecular weight is 238 g/mol. The third-order valence-electron chi connectivity index (χ3n) is 2.60. The number of rotatable bonds is 2. The van der Waals surface area contributed by atoms with E-state index < -0.39 is 0 Å². The van der Waals surface area contributed by atoms with Crippen LogP contribution in [0.25, 0.3) is 22.8 Å². The summed E-state index contributed by atoms with van der Waals surface area (Å²) in [5.41, 5.74) is 2.55. The molecule has 0 aliphatic heterocycles. The maximum atomic E-state index is 5.14. The van der Waals surface area contributed by atoms with Crippen LogP contribution in [0.15, 0.2) is 47.3 Å². The molecule has 1 aromatic carbocycles. The Bertz CT molecular complexity index is 650. The van der Waals surface area contributed by atoms with Gasteiger partial charge in [0, 0.05) is 11.8 Å². The molecule has 0 bridgehead atoms. The SMILES string of the molecule is Cc1nc(-c2ccccc2)ncc1-c1nnco1. The van der Waals surface area contributed by atoms with Crippen LogP contribution in [0.5, 0.6) is 0 Å². The monoisotopic (exact) mass is 238 g/mol. The number of aryl methyl sites for hydroxylation is 1. The highest BCUT2D eigenvalue weighted by Gasteiger charge is 2.10. The quantitative estimate of drug-likeness (QED) is 0.686. The van der Waals surface area contributed by atoms with Gasteiger partial charge >= 0.3 is 0 Å². The Hall–Kier alpha value is -2.56. The first kappa shape index (κ1) is 10.6. The first-order chi connectivity index (χ1) is 8.84. The summed E-state index contributed by atoms with van der Waals surface area (Å²) >= 11 is 0. The average Bonchev–Trinajstić information content (AvgIpc) is 2.93. The van der Waals surface area contributed by atoms with Crippen molar-refractivity contribution in [2.45, 2.75) is 6.92 Å². The van der Waals surface area contributed by atoms with Gasteiger partial charge in [0.25, 0.3) is 5.89 Å². The summed E-state index contributed by atoms with van der Waals surface area (Å²) in [7, 11) is 0. The van der Waals surface area contributed by atoms with Gasteiger partial charge in [0.15, 0.2) is 5.82 Å². The van der Waals surface area contributed by atoms with E-state index in [2.05, 4.69) is 20.2 Å². The molecule has 0 unspecified atom stereocenters. The molecular formula is C13H10N4O. The lowest BCUT2D eigenvalue weighted by molar-refractivity contribution is 0.567. The molecule has 0 aliphatic rings. The van der Waals surface area contributed by atoms with E-state index in [1.54, 1.807) is 6.20 Å². The van der Waals surface area contributed by atoms with Gasteiger partial charge in [-0.2, -0.15) is 0 Å². The summed E-state index contributed by atoms with van der Waals surface area (Å²) in [5.74, 6) is 1.13. The predicted molar refractivity (Wildman–Crippen MR) is 65.5 cm³/mol. The van der Waals surface area contributed by atoms with Crippen molar-refractivity contribution in [2.75, 3.05) is 0 Å². The van der Waals surface area contributed by atoms with Crippen molar-refractivity contribution in [3.8, 4) is 22.8 Å². The van der Waals surface area contributed by atoms with Crippen molar-refractivity contribution in [1.82, 2.24) is 20.2 Å². The van der Waals surface area contributed by atoms with Gasteiger partial charge in [-0.1, -0.05) is 30.3 Å². The van der Waals surface area contributed by atoms with Crippen molar-refractivity contribution in [1.29, 1.82) is 0 Å². The summed E-state index contributed by atoms with van der Waals surface area (Å²) in [4.78, 5) is 8.79. The van der Waals surface area contributed by atoms with Crippen molar-refractivity contribution < 1.29 is 4.42 Å². The molecule has 0 fully saturated rings. The Morgan fingerprint density at radius 2 is 1.94 bits per heavy atom. The first-order valence-corrected chi connectivity index (χ1v) is 5.50. The second-order valence-electron chi connectivity index (χ2n) is 3.80. The molecule has 5 heteroatoms. The number of nitrogens with zero attached hydrogens (tertiary/aromatic N) is 4. The Labute approximate surface area is 104 Å². The zero-order valence-corrected chi connectivity index (χ0v) is 9.74. The lowest BCUT2D eigenvalue weighted by Gasteiger charge is -2.03. The first-order valence-electron chi connectivity index (χ1n) is 5.50. The van der Waals surface area contributed by atoms with Gasteiger partial charge in [0.1, 0.15) is 0 Å². The fraction of sp³-hybridized carbons (Fsp3) is 0.0769. The van der Waals surface area contributed by atoms with Gasteiger partial charge in [0.2, 0.25) is 6.39 Å². The number of benzene rings is 1. The zero-order chi connectivity index (χ0) is 12.4. The molecule has 3 aromatic rings. The molecule has 88 valence electrons. The molecule has 0 saturated heterocycles. The van der Waals surface area contributed by atoms with Gasteiger partial charge in [-0.05, 0) is 6.92 Å². The zero-order valence-electron chi connectivity index (χ0n) is 9.74. The molecule has 0 N–H and O–H groups in total. The third kappa shape index (κ3) is 1.86. The van der Waals surface area contributed by atoms with Gasteiger partial charge < -0.3 is 4.42 Å². The minimum absolute atomic E-state index is 0.437. The van der Waals surface area contributed by atoms with Crippen LogP contribution in [0.1, 0.15) is 5.69 Å². The van der Waals surface area contributed by atoms with Crippen LogP contribution in [0.4, 0.5) is 0 Å². The van der Waals surface area contributed by atoms with Crippen LogP contribution in [0.3, 0.4) is 0 Å². The molecule has 2 aromatic heterocycles. The third-order valence-corrected chi connectivity index (χ3v) is 2.60. The lowest BCUT2D eigenvalue weighted by Crippen LogP contribution is -1.95. The molecule has 0 spiro atoms. The van der Waals surface area contributed by atoms with E-state index in [0.717, 1.165) is 16.8 Å². The molecule has 5 nitrogen and oxygen atoms in total. The van der Waals surface area contributed by atoms with E-state index >= 15 is 0 Å². The standard InChI is InChI=1S/C13H10N4O/c1-9-11(13-17-15-8-18-13)7-14-12(16-9)10-5-3-2-4-6-10/h2-8H,1H3. The van der Waals surface area contributed by atoms with Gasteiger partial charge in [-0.25, -0.2) is 9.97 Å². The van der Waals surface area contributed by atoms with Crippen molar-refractivity contribution >= 4 is 0 Å². The molecule has 0 saturated carbocycles. The van der Waals surface area contributed by atoms with Crippen molar-refractivity contribution in [3.05, 3.63) is 48.6 Å². The smallest absolute Gasteiger partial charge is 0.250 e. The Balaban J connectivity index is 2.05. The van der Waals surface area contributed by atoms with E-state index in [9.17, 15) is 0 Å². The Morgan fingerprint density at radius 1 is 1.11 bits per heavy atom. The molecular weight excluding hydrogens is 228 g/mol. The van der Waals surface area contributed by atoms with Gasteiger partial charge in [-0.3, -0.25) is 0 Å². The highest BCUT2D eigenvalue weighted by molar-refractivity contribution is 5.60. The summed E-state index contributed by atoms with van der Waals surface area (Å²) in [6, 6.07) is 9.82. The lowest BCUT2D eigenvalue weighted by atomic mass is 10.2.